The summed E-state index contributed by atoms with van der Waals surface area (Å²) >= 11 is 0. The Kier molecular flexibility index (Phi) is 5.58. The van der Waals surface area contributed by atoms with Gasteiger partial charge in [0.15, 0.2) is 0 Å². The predicted molar refractivity (Wildman–Crippen MR) is 96.3 cm³/mol. The van der Waals surface area contributed by atoms with Crippen molar-refractivity contribution in [3.05, 3.63) is 77.7 Å². The minimum atomic E-state index is -0.624. The van der Waals surface area contributed by atoms with Crippen molar-refractivity contribution in [2.75, 3.05) is 0 Å². The number of aliphatic hydroxyl groups is 1. The number of H-pyrrole nitrogens is 1. The molecule has 2 atom stereocenters. The Morgan fingerprint density at radius 3 is 2.56 bits per heavy atom. The van der Waals surface area contributed by atoms with Crippen LogP contribution in [0, 0.1) is 5.82 Å². The average molecular weight is 339 g/mol. The summed E-state index contributed by atoms with van der Waals surface area (Å²) in [4.78, 5) is 0. The molecule has 4 nitrogen and oxygen atoms in total. The van der Waals surface area contributed by atoms with E-state index in [1.807, 2.05) is 43.5 Å². The molecule has 0 saturated heterocycles. The number of rotatable bonds is 7. The molecule has 3 N–H and O–H groups in total. The summed E-state index contributed by atoms with van der Waals surface area (Å²) in [5.41, 5.74) is 3.90. The van der Waals surface area contributed by atoms with Crippen LogP contribution in [-0.2, 0) is 6.54 Å². The number of hydrogen-bond acceptors (Lipinski definition) is 3. The summed E-state index contributed by atoms with van der Waals surface area (Å²) in [6.07, 6.45) is 1.74. The summed E-state index contributed by atoms with van der Waals surface area (Å²) in [6.45, 7) is 2.67. The van der Waals surface area contributed by atoms with E-state index in [4.69, 9.17) is 0 Å². The topological polar surface area (TPSA) is 60.9 Å². The van der Waals surface area contributed by atoms with Crippen LogP contribution in [0.2, 0.25) is 0 Å². The first kappa shape index (κ1) is 17.3. The van der Waals surface area contributed by atoms with Gasteiger partial charge < -0.3 is 10.4 Å². The van der Waals surface area contributed by atoms with Crippen molar-refractivity contribution in [2.24, 2.45) is 0 Å². The monoisotopic (exact) mass is 339 g/mol. The van der Waals surface area contributed by atoms with Gasteiger partial charge in [-0.25, -0.2) is 4.39 Å². The number of nitrogens with zero attached hydrogens (tertiary/aromatic N) is 1. The number of hydrogen-bond donors (Lipinski definition) is 3. The number of benzene rings is 2. The number of nitrogens with one attached hydrogen (secondary N) is 2. The molecule has 130 valence electrons. The molecule has 25 heavy (non-hydrogen) atoms. The molecule has 0 bridgehead atoms. The predicted octanol–water partition coefficient (Wildman–Crippen LogP) is 3.82. The molecule has 3 rings (SSSR count). The second-order valence-electron chi connectivity index (χ2n) is 6.22. The largest absolute Gasteiger partial charge is 0.388 e. The third kappa shape index (κ3) is 4.53. The second-order valence-corrected chi connectivity index (χ2v) is 6.22. The van der Waals surface area contributed by atoms with Crippen molar-refractivity contribution in [3.8, 4) is 11.3 Å². The summed E-state index contributed by atoms with van der Waals surface area (Å²) in [5, 5.41) is 20.9. The van der Waals surface area contributed by atoms with Gasteiger partial charge in [-0.2, -0.15) is 5.10 Å². The third-order valence-corrected chi connectivity index (χ3v) is 4.25. The van der Waals surface area contributed by atoms with Crippen LogP contribution in [0.4, 0.5) is 4.39 Å². The van der Waals surface area contributed by atoms with E-state index in [0.29, 0.717) is 13.0 Å². The quantitative estimate of drug-likeness (QED) is 0.613. The number of aromatic nitrogens is 2. The fraction of sp³-hybridized carbons (Fsp3) is 0.250. The first-order valence-electron chi connectivity index (χ1n) is 8.38. The maximum atomic E-state index is 13.0. The average Bonchev–Trinajstić information content (AvgIpc) is 3.10. The Hall–Kier alpha value is -2.50. The highest BCUT2D eigenvalue weighted by atomic mass is 19.1. The maximum Gasteiger partial charge on any atom is 0.123 e. The van der Waals surface area contributed by atoms with Crippen molar-refractivity contribution in [2.45, 2.75) is 32.0 Å². The number of halogens is 1. The third-order valence-electron chi connectivity index (χ3n) is 4.25. The van der Waals surface area contributed by atoms with E-state index in [1.165, 1.54) is 12.1 Å². The van der Waals surface area contributed by atoms with Gasteiger partial charge in [0.1, 0.15) is 5.82 Å². The Bertz CT molecular complexity index is 786. The molecule has 2 unspecified atom stereocenters. The van der Waals surface area contributed by atoms with Crippen LogP contribution in [0.25, 0.3) is 11.3 Å². The van der Waals surface area contributed by atoms with Crippen molar-refractivity contribution in [1.82, 2.24) is 15.5 Å². The molecule has 0 fully saturated rings. The molecule has 0 amide bonds. The number of aliphatic hydroxyl groups excluding tert-OH is 1. The van der Waals surface area contributed by atoms with E-state index in [9.17, 15) is 9.50 Å². The normalized spacial score (nSPS) is 13.6. The molecule has 2 aromatic carbocycles. The Labute approximate surface area is 146 Å². The summed E-state index contributed by atoms with van der Waals surface area (Å²) in [7, 11) is 0. The van der Waals surface area contributed by atoms with E-state index in [0.717, 1.165) is 22.4 Å². The Balaban J connectivity index is 1.57. The molecule has 0 aliphatic carbocycles. The zero-order valence-electron chi connectivity index (χ0n) is 14.1. The fourth-order valence-corrected chi connectivity index (χ4v) is 2.82. The first-order chi connectivity index (χ1) is 12.1. The van der Waals surface area contributed by atoms with Gasteiger partial charge in [0.2, 0.25) is 0 Å². The van der Waals surface area contributed by atoms with Crippen LogP contribution < -0.4 is 5.32 Å². The van der Waals surface area contributed by atoms with Gasteiger partial charge in [-0.05, 0) is 36.6 Å². The van der Waals surface area contributed by atoms with Crippen molar-refractivity contribution < 1.29 is 9.50 Å². The molecule has 0 saturated carbocycles. The molecule has 1 aromatic heterocycles. The lowest BCUT2D eigenvalue weighted by Gasteiger charge is -2.18. The first-order valence-corrected chi connectivity index (χ1v) is 8.38. The second kappa shape index (κ2) is 8.05. The minimum Gasteiger partial charge on any atom is -0.388 e. The van der Waals surface area contributed by atoms with E-state index < -0.39 is 6.10 Å². The van der Waals surface area contributed by atoms with Crippen LogP contribution in [0.15, 0.2) is 60.8 Å². The van der Waals surface area contributed by atoms with Gasteiger partial charge in [0, 0.05) is 18.2 Å². The summed E-state index contributed by atoms with van der Waals surface area (Å²) in [5.74, 6) is -0.296. The lowest BCUT2D eigenvalue weighted by atomic mass is 10.0. The number of aromatic amines is 1. The van der Waals surface area contributed by atoms with Gasteiger partial charge in [0.25, 0.3) is 0 Å². The van der Waals surface area contributed by atoms with E-state index >= 15 is 0 Å². The standard InChI is InChI=1S/C20H22FN3O/c1-14(11-19(25)15-7-9-18(21)10-8-15)22-12-17-13-23-24-20(17)16-5-3-2-4-6-16/h2-10,13-14,19,22,25H,11-12H2,1H3,(H,23,24). The Morgan fingerprint density at radius 1 is 1.12 bits per heavy atom. The van der Waals surface area contributed by atoms with Crippen molar-refractivity contribution in [3.63, 3.8) is 0 Å². The van der Waals surface area contributed by atoms with E-state index in [1.54, 1.807) is 12.1 Å². The van der Waals surface area contributed by atoms with E-state index in [-0.39, 0.29) is 11.9 Å². The lowest BCUT2D eigenvalue weighted by molar-refractivity contribution is 0.154. The van der Waals surface area contributed by atoms with Gasteiger partial charge >= 0.3 is 0 Å². The molecule has 1 heterocycles. The lowest BCUT2D eigenvalue weighted by Crippen LogP contribution is -2.27. The molecular formula is C20H22FN3O. The fourth-order valence-electron chi connectivity index (χ4n) is 2.82. The highest BCUT2D eigenvalue weighted by Crippen LogP contribution is 2.22. The van der Waals surface area contributed by atoms with Crippen LogP contribution in [-0.4, -0.2) is 21.3 Å². The van der Waals surface area contributed by atoms with Gasteiger partial charge in [0.05, 0.1) is 18.0 Å². The SMILES string of the molecule is CC(CC(O)c1ccc(F)cc1)NCc1cn[nH]c1-c1ccccc1. The van der Waals surface area contributed by atoms with Crippen LogP contribution in [0.5, 0.6) is 0 Å². The molecule has 0 spiro atoms. The van der Waals surface area contributed by atoms with Gasteiger partial charge in [-0.1, -0.05) is 42.5 Å². The van der Waals surface area contributed by atoms with Gasteiger partial charge in [-0.3, -0.25) is 5.10 Å². The smallest absolute Gasteiger partial charge is 0.123 e. The molecule has 0 radical (unpaired) electrons. The molecule has 3 aromatic rings. The van der Waals surface area contributed by atoms with Crippen molar-refractivity contribution in [1.29, 1.82) is 0 Å². The van der Waals surface area contributed by atoms with Crippen LogP contribution in [0.3, 0.4) is 0 Å². The zero-order chi connectivity index (χ0) is 17.6. The van der Waals surface area contributed by atoms with Gasteiger partial charge in [-0.15, -0.1) is 0 Å². The van der Waals surface area contributed by atoms with Crippen LogP contribution in [0.1, 0.15) is 30.6 Å². The summed E-state index contributed by atoms with van der Waals surface area (Å²) < 4.78 is 13.0. The zero-order valence-corrected chi connectivity index (χ0v) is 14.1. The van der Waals surface area contributed by atoms with Crippen molar-refractivity contribution >= 4 is 0 Å². The molecule has 0 aliphatic heterocycles. The Morgan fingerprint density at radius 2 is 1.84 bits per heavy atom. The van der Waals surface area contributed by atoms with Crippen LogP contribution >= 0.6 is 0 Å². The molecule has 5 heteroatoms. The highest BCUT2D eigenvalue weighted by molar-refractivity contribution is 5.62. The maximum absolute atomic E-state index is 13.0. The molecule has 0 aliphatic rings. The minimum absolute atomic E-state index is 0.0959. The van der Waals surface area contributed by atoms with E-state index in [2.05, 4.69) is 15.5 Å². The highest BCUT2D eigenvalue weighted by Gasteiger charge is 2.14. The summed E-state index contributed by atoms with van der Waals surface area (Å²) in [6, 6.07) is 16.1. The molecular weight excluding hydrogens is 317 g/mol.